The highest BCUT2D eigenvalue weighted by Gasteiger charge is 2.51. The fourth-order valence-electron chi connectivity index (χ4n) is 5.10. The summed E-state index contributed by atoms with van der Waals surface area (Å²) in [5.74, 6) is -0.0551. The normalized spacial score (nSPS) is 23.0. The van der Waals surface area contributed by atoms with Crippen molar-refractivity contribution in [3.63, 3.8) is 0 Å². The summed E-state index contributed by atoms with van der Waals surface area (Å²) in [5, 5.41) is 8.45. The molecule has 8 heteroatoms. The molecule has 3 amide bonds. The van der Waals surface area contributed by atoms with Gasteiger partial charge in [0.25, 0.3) is 5.91 Å². The number of nitrogens with zero attached hydrogens (tertiary/aromatic N) is 2. The van der Waals surface area contributed by atoms with Crippen LogP contribution in [0.5, 0.6) is 0 Å². The lowest BCUT2D eigenvalue weighted by Gasteiger charge is -2.20. The van der Waals surface area contributed by atoms with E-state index in [-0.39, 0.29) is 24.1 Å². The maximum Gasteiger partial charge on any atom is 0.270 e. The van der Waals surface area contributed by atoms with Gasteiger partial charge in [-0.2, -0.15) is 0 Å². The first-order valence-electron chi connectivity index (χ1n) is 12.1. The van der Waals surface area contributed by atoms with Crippen LogP contribution in [0, 0.1) is 0 Å². The average Bonchev–Trinajstić information content (AvgIpc) is 3.35. The van der Waals surface area contributed by atoms with Crippen LogP contribution in [0.15, 0.2) is 30.6 Å². The lowest BCUT2D eigenvalue weighted by molar-refractivity contribution is -0.121. The Kier molecular flexibility index (Phi) is 6.13. The van der Waals surface area contributed by atoms with Crippen LogP contribution < -0.4 is 16.0 Å². The molecule has 0 fully saturated rings. The molecule has 0 aromatic carbocycles. The summed E-state index contributed by atoms with van der Waals surface area (Å²) in [5.41, 5.74) is 3.29. The topological polar surface area (TPSA) is 113 Å². The van der Waals surface area contributed by atoms with Crippen LogP contribution >= 0.6 is 0 Å². The van der Waals surface area contributed by atoms with Gasteiger partial charge in [-0.1, -0.05) is 31.4 Å². The van der Waals surface area contributed by atoms with Gasteiger partial charge >= 0.3 is 0 Å². The van der Waals surface area contributed by atoms with Crippen molar-refractivity contribution in [2.24, 2.45) is 0 Å². The zero-order valence-corrected chi connectivity index (χ0v) is 19.2. The largest absolute Gasteiger partial charge is 0.355 e. The molecule has 0 radical (unpaired) electrons. The molecule has 1 unspecified atom stereocenters. The fraction of sp³-hybridized carbons (Fsp3) is 0.423. The number of amides is 3. The van der Waals surface area contributed by atoms with E-state index < -0.39 is 11.3 Å². The number of fused-ring (bicyclic) bond motifs is 2. The molecule has 5 bridgehead atoms. The van der Waals surface area contributed by atoms with Crippen molar-refractivity contribution in [1.29, 1.82) is 0 Å². The van der Waals surface area contributed by atoms with Crippen LogP contribution in [0.3, 0.4) is 0 Å². The van der Waals surface area contributed by atoms with Crippen LogP contribution in [0.25, 0.3) is 6.08 Å². The van der Waals surface area contributed by atoms with E-state index in [0.29, 0.717) is 25.2 Å². The highest BCUT2D eigenvalue weighted by molar-refractivity contribution is 6.06. The summed E-state index contributed by atoms with van der Waals surface area (Å²) in [6, 6.07) is 3.81. The fourth-order valence-corrected chi connectivity index (χ4v) is 5.10. The van der Waals surface area contributed by atoms with Gasteiger partial charge in [0.1, 0.15) is 11.5 Å². The minimum Gasteiger partial charge on any atom is -0.355 e. The second kappa shape index (κ2) is 9.37. The summed E-state index contributed by atoms with van der Waals surface area (Å²) >= 11 is 0. The monoisotopic (exact) mass is 459 g/mol. The van der Waals surface area contributed by atoms with Crippen LogP contribution in [-0.2, 0) is 27.8 Å². The lowest BCUT2D eigenvalue weighted by Crippen LogP contribution is -2.37. The molecular weight excluding hydrogens is 430 g/mol. The maximum absolute atomic E-state index is 13.1. The van der Waals surface area contributed by atoms with E-state index in [4.69, 9.17) is 0 Å². The summed E-state index contributed by atoms with van der Waals surface area (Å²) in [6.45, 7) is 0.527. The predicted molar refractivity (Wildman–Crippen MR) is 128 cm³/mol. The Morgan fingerprint density at radius 3 is 2.59 bits per heavy atom. The zero-order valence-electron chi connectivity index (χ0n) is 19.2. The molecule has 3 aliphatic rings. The number of pyridine rings is 2. The van der Waals surface area contributed by atoms with E-state index in [1.165, 1.54) is 0 Å². The quantitative estimate of drug-likeness (QED) is 0.561. The lowest BCUT2D eigenvalue weighted by atomic mass is 9.79. The van der Waals surface area contributed by atoms with E-state index in [1.807, 2.05) is 0 Å². The van der Waals surface area contributed by atoms with E-state index in [0.717, 1.165) is 60.8 Å². The highest BCUT2D eigenvalue weighted by atomic mass is 16.2. The van der Waals surface area contributed by atoms with Crippen molar-refractivity contribution in [3.05, 3.63) is 58.6 Å². The Hall–Kier alpha value is -3.55. The summed E-state index contributed by atoms with van der Waals surface area (Å²) < 4.78 is 0. The molecule has 2 aromatic heterocycles. The highest BCUT2D eigenvalue weighted by Crippen LogP contribution is 2.46. The first kappa shape index (κ1) is 22.3. The summed E-state index contributed by atoms with van der Waals surface area (Å²) in [7, 11) is 0. The second-order valence-corrected chi connectivity index (χ2v) is 9.38. The summed E-state index contributed by atoms with van der Waals surface area (Å²) in [6.07, 6.45) is 15.1. The van der Waals surface area contributed by atoms with Crippen molar-refractivity contribution in [1.82, 2.24) is 20.6 Å². The third-order valence-corrected chi connectivity index (χ3v) is 6.98. The molecule has 34 heavy (non-hydrogen) atoms. The van der Waals surface area contributed by atoms with Crippen molar-refractivity contribution in [2.45, 2.75) is 56.8 Å². The van der Waals surface area contributed by atoms with Crippen molar-refractivity contribution in [2.75, 3.05) is 18.4 Å². The van der Waals surface area contributed by atoms with Gasteiger partial charge in [0.2, 0.25) is 11.8 Å². The Morgan fingerprint density at radius 1 is 0.853 bits per heavy atom. The Balaban J connectivity index is 1.43. The third-order valence-electron chi connectivity index (χ3n) is 6.98. The van der Waals surface area contributed by atoms with Crippen LogP contribution in [0.2, 0.25) is 0 Å². The smallest absolute Gasteiger partial charge is 0.270 e. The van der Waals surface area contributed by atoms with Gasteiger partial charge in [0.15, 0.2) is 0 Å². The van der Waals surface area contributed by atoms with E-state index in [2.05, 4.69) is 44.1 Å². The molecule has 1 spiro atoms. The van der Waals surface area contributed by atoms with E-state index in [1.54, 1.807) is 18.5 Å². The first-order chi connectivity index (χ1) is 16.5. The first-order valence-corrected chi connectivity index (χ1v) is 12.1. The standard InChI is InChI=1S/C26H29N5O3/c32-22-16-30-24(33)21-11-18-12-26(13-19(18)15-28-21)20-10-17(14-29-23(20)31-25(26)34)8-6-4-2-1-3-5-7-9-27-22/h6,8,10-11,14-15H,1-5,7,9,12-13,16H2,(H,27,32)(H,30,33)(H,29,31,34). The van der Waals surface area contributed by atoms with Gasteiger partial charge in [0, 0.05) is 24.5 Å². The number of rotatable bonds is 0. The molecule has 176 valence electrons. The SMILES string of the molecule is O=C1CNC(=O)c2cc3c(cn2)CC2(C3)C(=O)Nc3ncc(cc32)C=CCCCCCCCN1. The van der Waals surface area contributed by atoms with Gasteiger partial charge in [-0.25, -0.2) is 4.98 Å². The zero-order chi connectivity index (χ0) is 23.5. The van der Waals surface area contributed by atoms with E-state index >= 15 is 0 Å². The minimum atomic E-state index is -0.734. The molecule has 5 rings (SSSR count). The van der Waals surface area contributed by atoms with Crippen molar-refractivity contribution >= 4 is 29.6 Å². The number of hydrogen-bond acceptors (Lipinski definition) is 5. The molecular formula is C26H29N5O3. The van der Waals surface area contributed by atoms with E-state index in [9.17, 15) is 14.4 Å². The molecule has 3 N–H and O–H groups in total. The van der Waals surface area contributed by atoms with Crippen LogP contribution in [0.4, 0.5) is 5.82 Å². The van der Waals surface area contributed by atoms with Crippen molar-refractivity contribution in [3.8, 4) is 0 Å². The Bertz CT molecular complexity index is 1180. The van der Waals surface area contributed by atoms with Crippen LogP contribution in [-0.4, -0.2) is 40.8 Å². The molecule has 1 atom stereocenters. The molecule has 0 saturated carbocycles. The number of anilines is 1. The third kappa shape index (κ3) is 4.32. The number of nitrogens with one attached hydrogen (secondary N) is 3. The Morgan fingerprint density at radius 2 is 1.68 bits per heavy atom. The van der Waals surface area contributed by atoms with Gasteiger partial charge in [-0.3, -0.25) is 19.4 Å². The predicted octanol–water partition coefficient (Wildman–Crippen LogP) is 2.68. The van der Waals surface area contributed by atoms with Gasteiger partial charge in [-0.05, 0) is 60.9 Å². The number of hydrogen-bond donors (Lipinski definition) is 3. The average molecular weight is 460 g/mol. The van der Waals surface area contributed by atoms with Crippen LogP contribution in [0.1, 0.15) is 71.3 Å². The summed E-state index contributed by atoms with van der Waals surface area (Å²) in [4.78, 5) is 46.6. The molecule has 8 nitrogen and oxygen atoms in total. The molecule has 2 aromatic rings. The molecule has 2 aliphatic heterocycles. The number of carbonyl (C=O) groups is 3. The number of carbonyl (C=O) groups excluding carboxylic acids is 3. The van der Waals surface area contributed by atoms with Gasteiger partial charge in [-0.15, -0.1) is 0 Å². The number of aromatic nitrogens is 2. The molecule has 4 heterocycles. The second-order valence-electron chi connectivity index (χ2n) is 9.38. The minimum absolute atomic E-state index is 0.0653. The molecule has 1 aliphatic carbocycles. The number of allylic oxidation sites excluding steroid dienone is 1. The molecule has 0 saturated heterocycles. The Labute approximate surface area is 198 Å². The van der Waals surface area contributed by atoms with Crippen molar-refractivity contribution < 1.29 is 14.4 Å². The van der Waals surface area contributed by atoms with Gasteiger partial charge < -0.3 is 16.0 Å². The maximum atomic E-state index is 13.1. The van der Waals surface area contributed by atoms with Gasteiger partial charge in [0.05, 0.1) is 12.0 Å².